The maximum atomic E-state index is 13.1. The van der Waals surface area contributed by atoms with Gasteiger partial charge in [0.05, 0.1) is 11.8 Å². The second-order valence-corrected chi connectivity index (χ2v) is 7.02. The van der Waals surface area contributed by atoms with Crippen LogP contribution < -0.4 is 4.90 Å². The molecule has 0 atom stereocenters. The highest BCUT2D eigenvalue weighted by Gasteiger charge is 2.46. The van der Waals surface area contributed by atoms with Crippen molar-refractivity contribution in [3.63, 3.8) is 0 Å². The van der Waals surface area contributed by atoms with Crippen LogP contribution in [-0.2, 0) is 4.79 Å². The van der Waals surface area contributed by atoms with Crippen molar-refractivity contribution in [3.8, 4) is 0 Å². The van der Waals surface area contributed by atoms with Gasteiger partial charge >= 0.3 is 6.18 Å². The van der Waals surface area contributed by atoms with E-state index < -0.39 is 18.0 Å². The molecular weight excluding hydrogens is 336 g/mol. The highest BCUT2D eigenvalue weighted by molar-refractivity contribution is 5.98. The molecule has 7 heteroatoms. The van der Waals surface area contributed by atoms with E-state index in [2.05, 4.69) is 0 Å². The highest BCUT2D eigenvalue weighted by Crippen LogP contribution is 2.42. The summed E-state index contributed by atoms with van der Waals surface area (Å²) in [4.78, 5) is 16.5. The predicted octanol–water partition coefficient (Wildman–Crippen LogP) is 3.99. The summed E-state index contributed by atoms with van der Waals surface area (Å²) in [6.07, 6.45) is -2.16. The van der Waals surface area contributed by atoms with Gasteiger partial charge in [0.25, 0.3) is 0 Å². The molecule has 2 aliphatic rings. The lowest BCUT2D eigenvalue weighted by atomic mass is 9.71. The summed E-state index contributed by atoms with van der Waals surface area (Å²) in [6.45, 7) is 1.62. The standard InChI is InChI=1S/C18H22F4N2O/c19-14-2-4-15(5-3-14)24-10-1-6-17(16(24)25)7-11-23(12-8-17)13-9-18(20,21)22/h2-5H,1,6-13H2. The Kier molecular flexibility index (Phi) is 5.04. The number of carbonyl (C=O) groups is 1. The monoisotopic (exact) mass is 358 g/mol. The lowest BCUT2D eigenvalue weighted by Crippen LogP contribution is -2.54. The number of benzene rings is 1. The number of alkyl halides is 3. The van der Waals surface area contributed by atoms with Crippen LogP contribution in [0.15, 0.2) is 24.3 Å². The Bertz CT molecular complexity index is 606. The van der Waals surface area contributed by atoms with Gasteiger partial charge in [-0.05, 0) is 63.0 Å². The predicted molar refractivity (Wildman–Crippen MR) is 86.8 cm³/mol. The third kappa shape index (κ3) is 4.14. The van der Waals surface area contributed by atoms with Crippen LogP contribution in [0.4, 0.5) is 23.2 Å². The summed E-state index contributed by atoms with van der Waals surface area (Å²) >= 11 is 0. The van der Waals surface area contributed by atoms with Crippen molar-refractivity contribution in [1.29, 1.82) is 0 Å². The molecule has 0 aliphatic carbocycles. The lowest BCUT2D eigenvalue weighted by Gasteiger charge is -2.46. The van der Waals surface area contributed by atoms with E-state index in [0.29, 0.717) is 38.2 Å². The molecule has 25 heavy (non-hydrogen) atoms. The van der Waals surface area contributed by atoms with Crippen molar-refractivity contribution in [2.24, 2.45) is 5.41 Å². The molecule has 1 aromatic carbocycles. The van der Waals surface area contributed by atoms with Crippen molar-refractivity contribution in [2.75, 3.05) is 31.1 Å². The minimum atomic E-state index is -4.14. The summed E-state index contributed by atoms with van der Waals surface area (Å²) in [7, 11) is 0. The smallest absolute Gasteiger partial charge is 0.312 e. The molecule has 3 rings (SSSR count). The zero-order valence-corrected chi connectivity index (χ0v) is 14.0. The van der Waals surface area contributed by atoms with Gasteiger partial charge in [-0.1, -0.05) is 0 Å². The molecule has 138 valence electrons. The molecule has 3 nitrogen and oxygen atoms in total. The minimum Gasteiger partial charge on any atom is -0.312 e. The number of anilines is 1. The SMILES string of the molecule is O=C1N(c2ccc(F)cc2)CCCC12CCN(CCC(F)(F)F)CC2. The van der Waals surface area contributed by atoms with Gasteiger partial charge in [0.1, 0.15) is 5.82 Å². The van der Waals surface area contributed by atoms with E-state index in [1.165, 1.54) is 12.1 Å². The fraction of sp³-hybridized carbons (Fsp3) is 0.611. The Morgan fingerprint density at radius 3 is 2.24 bits per heavy atom. The molecule has 2 fully saturated rings. The molecule has 1 spiro atoms. The third-order valence-electron chi connectivity index (χ3n) is 5.40. The van der Waals surface area contributed by atoms with Crippen LogP contribution in [0.25, 0.3) is 0 Å². The lowest BCUT2D eigenvalue weighted by molar-refractivity contribution is -0.142. The van der Waals surface area contributed by atoms with Crippen molar-refractivity contribution < 1.29 is 22.4 Å². The Hall–Kier alpha value is -1.63. The minimum absolute atomic E-state index is 0.00452. The molecule has 0 saturated carbocycles. The fourth-order valence-electron chi connectivity index (χ4n) is 3.89. The normalized spacial score (nSPS) is 21.8. The van der Waals surface area contributed by atoms with E-state index in [1.54, 1.807) is 21.9 Å². The summed E-state index contributed by atoms with van der Waals surface area (Å²) in [5.74, 6) is -0.318. The first-order chi connectivity index (χ1) is 11.8. The van der Waals surface area contributed by atoms with Crippen LogP contribution in [0.1, 0.15) is 32.1 Å². The van der Waals surface area contributed by atoms with Gasteiger partial charge in [0, 0.05) is 18.8 Å². The molecule has 1 amide bonds. The number of piperidine rings is 2. The van der Waals surface area contributed by atoms with Gasteiger partial charge in [-0.25, -0.2) is 4.39 Å². The summed E-state index contributed by atoms with van der Waals surface area (Å²) in [6, 6.07) is 5.88. The van der Waals surface area contributed by atoms with E-state index in [-0.39, 0.29) is 18.3 Å². The average molecular weight is 358 g/mol. The molecule has 0 N–H and O–H groups in total. The number of carbonyl (C=O) groups excluding carboxylic acids is 1. The molecule has 0 radical (unpaired) electrons. The molecule has 2 aliphatic heterocycles. The van der Waals surface area contributed by atoms with Gasteiger partial charge in [-0.2, -0.15) is 13.2 Å². The van der Waals surface area contributed by atoms with E-state index in [0.717, 1.165) is 12.8 Å². The first-order valence-corrected chi connectivity index (χ1v) is 8.66. The second-order valence-electron chi connectivity index (χ2n) is 7.02. The first kappa shape index (κ1) is 18.2. The Balaban J connectivity index is 1.64. The van der Waals surface area contributed by atoms with Crippen molar-refractivity contribution in [2.45, 2.75) is 38.3 Å². The molecule has 0 bridgehead atoms. The number of hydrogen-bond donors (Lipinski definition) is 0. The van der Waals surface area contributed by atoms with Gasteiger partial charge in [-0.3, -0.25) is 4.79 Å². The van der Waals surface area contributed by atoms with E-state index in [9.17, 15) is 22.4 Å². The first-order valence-electron chi connectivity index (χ1n) is 8.66. The van der Waals surface area contributed by atoms with Crippen LogP contribution in [0.2, 0.25) is 0 Å². The van der Waals surface area contributed by atoms with Gasteiger partial charge < -0.3 is 9.80 Å². The molecule has 2 heterocycles. The number of halogens is 4. The third-order valence-corrected chi connectivity index (χ3v) is 5.40. The van der Waals surface area contributed by atoms with Crippen LogP contribution in [-0.4, -0.2) is 43.2 Å². The number of likely N-dealkylation sites (tertiary alicyclic amines) is 1. The number of rotatable bonds is 3. The summed E-state index contributed by atoms with van der Waals surface area (Å²) < 4.78 is 50.2. The Morgan fingerprint density at radius 1 is 1.00 bits per heavy atom. The van der Waals surface area contributed by atoms with Crippen LogP contribution in [0.3, 0.4) is 0 Å². The van der Waals surface area contributed by atoms with Gasteiger partial charge in [0.2, 0.25) is 5.91 Å². The zero-order valence-electron chi connectivity index (χ0n) is 14.0. The summed E-state index contributed by atoms with van der Waals surface area (Å²) in [5.41, 5.74) is 0.200. The Labute approximate surface area is 144 Å². The number of amides is 1. The van der Waals surface area contributed by atoms with Crippen molar-refractivity contribution >= 4 is 11.6 Å². The van der Waals surface area contributed by atoms with Crippen LogP contribution in [0.5, 0.6) is 0 Å². The maximum absolute atomic E-state index is 13.1. The molecule has 1 aromatic rings. The van der Waals surface area contributed by atoms with E-state index in [4.69, 9.17) is 0 Å². The number of nitrogens with zero attached hydrogens (tertiary/aromatic N) is 2. The number of hydrogen-bond acceptors (Lipinski definition) is 2. The van der Waals surface area contributed by atoms with Crippen LogP contribution in [0, 0.1) is 11.2 Å². The van der Waals surface area contributed by atoms with Crippen LogP contribution >= 0.6 is 0 Å². The fourth-order valence-corrected chi connectivity index (χ4v) is 3.89. The average Bonchev–Trinajstić information content (AvgIpc) is 2.57. The van der Waals surface area contributed by atoms with Crippen molar-refractivity contribution in [1.82, 2.24) is 4.90 Å². The largest absolute Gasteiger partial charge is 0.390 e. The zero-order chi connectivity index (χ0) is 18.1. The molecule has 0 unspecified atom stereocenters. The Morgan fingerprint density at radius 2 is 1.64 bits per heavy atom. The second kappa shape index (κ2) is 6.94. The highest BCUT2D eigenvalue weighted by atomic mass is 19.4. The molecule has 2 saturated heterocycles. The van der Waals surface area contributed by atoms with Crippen molar-refractivity contribution in [3.05, 3.63) is 30.1 Å². The summed E-state index contributed by atoms with van der Waals surface area (Å²) in [5, 5.41) is 0. The van der Waals surface area contributed by atoms with E-state index in [1.807, 2.05) is 0 Å². The van der Waals surface area contributed by atoms with Gasteiger partial charge in [0.15, 0.2) is 0 Å². The van der Waals surface area contributed by atoms with Gasteiger partial charge in [-0.15, -0.1) is 0 Å². The topological polar surface area (TPSA) is 23.6 Å². The quantitative estimate of drug-likeness (QED) is 0.763. The molecular formula is C18H22F4N2O. The maximum Gasteiger partial charge on any atom is 0.390 e. The molecule has 0 aromatic heterocycles. The van der Waals surface area contributed by atoms with E-state index >= 15 is 0 Å².